The molecule has 0 radical (unpaired) electrons. The maximum atomic E-state index is 5.01. The molecule has 0 saturated carbocycles. The standard InChI is InChI=1S/C13H18N4O/c1-17-10-12(9-15-7-8-18-2)13(16-17)11-3-5-14-6-4-11/h3-6,10,15H,7-9H2,1-2H3. The van der Waals surface area contributed by atoms with Crippen LogP contribution in [0.1, 0.15) is 5.56 Å². The van der Waals surface area contributed by atoms with E-state index >= 15 is 0 Å². The lowest BCUT2D eigenvalue weighted by atomic mass is 10.1. The van der Waals surface area contributed by atoms with Gasteiger partial charge in [-0.2, -0.15) is 5.10 Å². The van der Waals surface area contributed by atoms with Crippen molar-refractivity contribution in [2.45, 2.75) is 6.54 Å². The van der Waals surface area contributed by atoms with E-state index < -0.39 is 0 Å². The van der Waals surface area contributed by atoms with Crippen molar-refractivity contribution in [3.63, 3.8) is 0 Å². The van der Waals surface area contributed by atoms with Crippen molar-refractivity contribution in [3.05, 3.63) is 36.3 Å². The van der Waals surface area contributed by atoms with Gasteiger partial charge in [-0.25, -0.2) is 0 Å². The summed E-state index contributed by atoms with van der Waals surface area (Å²) in [6.45, 7) is 2.33. The summed E-state index contributed by atoms with van der Waals surface area (Å²) in [7, 11) is 3.64. The Morgan fingerprint density at radius 3 is 2.83 bits per heavy atom. The smallest absolute Gasteiger partial charge is 0.0969 e. The minimum absolute atomic E-state index is 0.713. The normalized spacial score (nSPS) is 10.8. The zero-order valence-corrected chi connectivity index (χ0v) is 10.8. The van der Waals surface area contributed by atoms with Gasteiger partial charge in [-0.3, -0.25) is 9.67 Å². The number of hydrogen-bond donors (Lipinski definition) is 1. The molecule has 5 nitrogen and oxygen atoms in total. The van der Waals surface area contributed by atoms with Crippen LogP contribution < -0.4 is 5.32 Å². The third kappa shape index (κ3) is 3.15. The minimum Gasteiger partial charge on any atom is -0.383 e. The van der Waals surface area contributed by atoms with Crippen LogP contribution >= 0.6 is 0 Å². The fraction of sp³-hybridized carbons (Fsp3) is 0.385. The van der Waals surface area contributed by atoms with Gasteiger partial charge in [0, 0.05) is 57.0 Å². The van der Waals surface area contributed by atoms with Crippen LogP contribution in [0.4, 0.5) is 0 Å². The topological polar surface area (TPSA) is 52.0 Å². The molecule has 18 heavy (non-hydrogen) atoms. The van der Waals surface area contributed by atoms with Crippen molar-refractivity contribution in [1.82, 2.24) is 20.1 Å². The molecule has 0 bridgehead atoms. The van der Waals surface area contributed by atoms with Crippen molar-refractivity contribution < 1.29 is 4.74 Å². The molecule has 2 rings (SSSR count). The van der Waals surface area contributed by atoms with Gasteiger partial charge in [0.1, 0.15) is 0 Å². The molecule has 0 amide bonds. The first kappa shape index (κ1) is 12.7. The number of pyridine rings is 1. The number of ether oxygens (including phenoxy) is 1. The quantitative estimate of drug-likeness (QED) is 0.779. The highest BCUT2D eigenvalue weighted by atomic mass is 16.5. The third-order valence-electron chi connectivity index (χ3n) is 2.66. The number of nitrogens with zero attached hydrogens (tertiary/aromatic N) is 3. The largest absolute Gasteiger partial charge is 0.383 e. The molecule has 0 aliphatic rings. The Morgan fingerprint density at radius 1 is 1.33 bits per heavy atom. The van der Waals surface area contributed by atoms with Crippen LogP contribution in [0.2, 0.25) is 0 Å². The summed E-state index contributed by atoms with van der Waals surface area (Å²) in [5, 5.41) is 7.83. The van der Waals surface area contributed by atoms with Crippen molar-refractivity contribution >= 4 is 0 Å². The van der Waals surface area contributed by atoms with Gasteiger partial charge in [0.2, 0.25) is 0 Å². The van der Waals surface area contributed by atoms with E-state index in [1.54, 1.807) is 19.5 Å². The zero-order valence-electron chi connectivity index (χ0n) is 10.8. The van der Waals surface area contributed by atoms with Gasteiger partial charge in [0.15, 0.2) is 0 Å². The Morgan fingerprint density at radius 2 is 2.11 bits per heavy atom. The number of rotatable bonds is 6. The number of aryl methyl sites for hydroxylation is 1. The van der Waals surface area contributed by atoms with Gasteiger partial charge in [0.05, 0.1) is 12.3 Å². The minimum atomic E-state index is 0.713. The predicted molar refractivity (Wildman–Crippen MR) is 70.0 cm³/mol. The summed E-state index contributed by atoms with van der Waals surface area (Å²) >= 11 is 0. The van der Waals surface area contributed by atoms with Crippen LogP contribution in [0.25, 0.3) is 11.3 Å². The molecule has 0 fully saturated rings. The molecule has 96 valence electrons. The Balaban J connectivity index is 2.11. The molecular weight excluding hydrogens is 228 g/mol. The van der Waals surface area contributed by atoms with Crippen LogP contribution in [0, 0.1) is 0 Å². The van der Waals surface area contributed by atoms with E-state index in [2.05, 4.69) is 15.4 Å². The zero-order chi connectivity index (χ0) is 12.8. The molecule has 0 aromatic carbocycles. The second-order valence-electron chi connectivity index (χ2n) is 4.08. The van der Waals surface area contributed by atoms with Crippen LogP contribution in [0.15, 0.2) is 30.7 Å². The summed E-state index contributed by atoms with van der Waals surface area (Å²) in [4.78, 5) is 4.03. The van der Waals surface area contributed by atoms with Gasteiger partial charge in [-0.15, -0.1) is 0 Å². The second-order valence-corrected chi connectivity index (χ2v) is 4.08. The van der Waals surface area contributed by atoms with Crippen molar-refractivity contribution in [3.8, 4) is 11.3 Å². The summed E-state index contributed by atoms with van der Waals surface area (Å²) in [6, 6.07) is 3.95. The van der Waals surface area contributed by atoms with E-state index in [9.17, 15) is 0 Å². The molecule has 0 atom stereocenters. The molecule has 2 heterocycles. The van der Waals surface area contributed by atoms with E-state index in [0.29, 0.717) is 6.61 Å². The summed E-state index contributed by atoms with van der Waals surface area (Å²) in [5.74, 6) is 0. The third-order valence-corrected chi connectivity index (χ3v) is 2.66. The highest BCUT2D eigenvalue weighted by Gasteiger charge is 2.09. The number of nitrogens with one attached hydrogen (secondary N) is 1. The van der Waals surface area contributed by atoms with Gasteiger partial charge in [0.25, 0.3) is 0 Å². The van der Waals surface area contributed by atoms with Crippen molar-refractivity contribution in [2.24, 2.45) is 7.05 Å². The molecule has 1 N–H and O–H groups in total. The Bertz CT molecular complexity index is 481. The van der Waals surface area contributed by atoms with Gasteiger partial charge in [-0.1, -0.05) is 0 Å². The van der Waals surface area contributed by atoms with Crippen LogP contribution in [-0.4, -0.2) is 35.0 Å². The Labute approximate surface area is 107 Å². The monoisotopic (exact) mass is 246 g/mol. The predicted octanol–water partition coefficient (Wildman–Crippen LogP) is 1.22. The van der Waals surface area contributed by atoms with Crippen LogP contribution in [0.5, 0.6) is 0 Å². The molecule has 0 aliphatic carbocycles. The van der Waals surface area contributed by atoms with E-state index in [1.807, 2.05) is 30.1 Å². The fourth-order valence-electron chi connectivity index (χ4n) is 1.82. The van der Waals surface area contributed by atoms with E-state index in [0.717, 1.165) is 24.3 Å². The lowest BCUT2D eigenvalue weighted by Gasteiger charge is -2.04. The SMILES string of the molecule is COCCNCc1cn(C)nc1-c1ccncc1. The lowest BCUT2D eigenvalue weighted by Crippen LogP contribution is -2.18. The van der Waals surface area contributed by atoms with Crippen molar-refractivity contribution in [2.75, 3.05) is 20.3 Å². The first-order valence-electron chi connectivity index (χ1n) is 5.94. The number of hydrogen-bond acceptors (Lipinski definition) is 4. The summed E-state index contributed by atoms with van der Waals surface area (Å²) < 4.78 is 6.84. The van der Waals surface area contributed by atoms with E-state index in [1.165, 1.54) is 5.56 Å². The maximum Gasteiger partial charge on any atom is 0.0969 e. The van der Waals surface area contributed by atoms with E-state index in [-0.39, 0.29) is 0 Å². The molecule has 5 heteroatoms. The average Bonchev–Trinajstić information content (AvgIpc) is 2.77. The molecule has 0 unspecified atom stereocenters. The lowest BCUT2D eigenvalue weighted by molar-refractivity contribution is 0.199. The van der Waals surface area contributed by atoms with Gasteiger partial charge < -0.3 is 10.1 Å². The molecule has 0 spiro atoms. The molecule has 2 aromatic heterocycles. The Hall–Kier alpha value is -1.72. The first-order chi connectivity index (χ1) is 8.81. The number of aromatic nitrogens is 3. The molecular formula is C13H18N4O. The molecule has 2 aromatic rings. The van der Waals surface area contributed by atoms with Crippen LogP contribution in [-0.2, 0) is 18.3 Å². The fourth-order valence-corrected chi connectivity index (χ4v) is 1.82. The maximum absolute atomic E-state index is 5.01. The second kappa shape index (κ2) is 6.28. The molecule has 0 aliphatic heterocycles. The summed E-state index contributed by atoms with van der Waals surface area (Å²) in [6.07, 6.45) is 5.61. The van der Waals surface area contributed by atoms with E-state index in [4.69, 9.17) is 4.74 Å². The summed E-state index contributed by atoms with van der Waals surface area (Å²) in [5.41, 5.74) is 3.28. The highest BCUT2D eigenvalue weighted by Crippen LogP contribution is 2.20. The molecule has 0 saturated heterocycles. The Kier molecular flexibility index (Phi) is 4.44. The van der Waals surface area contributed by atoms with Crippen LogP contribution in [0.3, 0.4) is 0 Å². The van der Waals surface area contributed by atoms with Gasteiger partial charge in [-0.05, 0) is 12.1 Å². The van der Waals surface area contributed by atoms with Crippen molar-refractivity contribution in [1.29, 1.82) is 0 Å². The highest BCUT2D eigenvalue weighted by molar-refractivity contribution is 5.61. The number of methoxy groups -OCH3 is 1. The first-order valence-corrected chi connectivity index (χ1v) is 5.94. The average molecular weight is 246 g/mol. The van der Waals surface area contributed by atoms with Gasteiger partial charge >= 0.3 is 0 Å².